The molecule has 1 amide bonds. The van der Waals surface area contributed by atoms with Gasteiger partial charge >= 0.3 is 5.97 Å². The third kappa shape index (κ3) is 3.94. The Labute approximate surface area is 118 Å². The monoisotopic (exact) mass is 279 g/mol. The zero-order chi connectivity index (χ0) is 15.3. The maximum absolute atomic E-state index is 11.7. The van der Waals surface area contributed by atoms with Gasteiger partial charge in [0.15, 0.2) is 0 Å². The molecule has 6 heteroatoms. The number of amides is 1. The number of carbonyl (C=O) groups excluding carboxylic acids is 1. The summed E-state index contributed by atoms with van der Waals surface area (Å²) < 4.78 is 0. The Morgan fingerprint density at radius 2 is 2.05 bits per heavy atom. The third-order valence-corrected chi connectivity index (χ3v) is 3.20. The summed E-state index contributed by atoms with van der Waals surface area (Å²) in [4.78, 5) is 28.5. The molecule has 110 valence electrons. The quantitative estimate of drug-likeness (QED) is 0.828. The van der Waals surface area contributed by atoms with E-state index in [1.807, 2.05) is 13.8 Å². The standard InChI is InChI=1S/C14H21N3O3/c1-5-9(2)12(14(19)20)16-11-7-6-10(8-15-11)13(18)17(3)4/h6-9,12H,5H2,1-4H3,(H,15,16)(H,19,20)/t9-,12-/m0/s1. The maximum Gasteiger partial charge on any atom is 0.326 e. The third-order valence-electron chi connectivity index (χ3n) is 3.20. The summed E-state index contributed by atoms with van der Waals surface area (Å²) in [5.74, 6) is -0.610. The SMILES string of the molecule is CC[C@H](C)[C@H](Nc1ccc(C(=O)N(C)C)cn1)C(=O)O. The highest BCUT2D eigenvalue weighted by Gasteiger charge is 2.23. The molecule has 0 unspecified atom stereocenters. The van der Waals surface area contributed by atoms with Crippen LogP contribution in [0.3, 0.4) is 0 Å². The predicted octanol–water partition coefficient (Wildman–Crippen LogP) is 1.69. The molecule has 0 aliphatic heterocycles. The molecule has 0 aromatic carbocycles. The Hall–Kier alpha value is -2.11. The van der Waals surface area contributed by atoms with Crippen molar-refractivity contribution in [1.29, 1.82) is 0 Å². The number of anilines is 1. The molecule has 1 aromatic heterocycles. The number of rotatable bonds is 6. The second-order valence-corrected chi connectivity index (χ2v) is 4.98. The van der Waals surface area contributed by atoms with Crippen LogP contribution in [0.2, 0.25) is 0 Å². The van der Waals surface area contributed by atoms with Gasteiger partial charge in [0, 0.05) is 20.3 Å². The number of carboxylic acids is 1. The smallest absolute Gasteiger partial charge is 0.326 e. The zero-order valence-corrected chi connectivity index (χ0v) is 12.3. The van der Waals surface area contributed by atoms with Crippen molar-refractivity contribution >= 4 is 17.7 Å². The molecule has 0 fully saturated rings. The van der Waals surface area contributed by atoms with Crippen LogP contribution in [0.1, 0.15) is 30.6 Å². The van der Waals surface area contributed by atoms with Gasteiger partial charge in [-0.1, -0.05) is 20.3 Å². The van der Waals surface area contributed by atoms with Gasteiger partial charge in [-0.05, 0) is 18.1 Å². The topological polar surface area (TPSA) is 82.5 Å². The molecule has 0 radical (unpaired) electrons. The first-order chi connectivity index (χ1) is 9.36. The normalized spacial score (nSPS) is 13.4. The van der Waals surface area contributed by atoms with Crippen LogP contribution in [0.25, 0.3) is 0 Å². The lowest BCUT2D eigenvalue weighted by Gasteiger charge is -2.20. The first-order valence-corrected chi connectivity index (χ1v) is 6.53. The summed E-state index contributed by atoms with van der Waals surface area (Å²) in [5, 5.41) is 12.1. The van der Waals surface area contributed by atoms with E-state index >= 15 is 0 Å². The van der Waals surface area contributed by atoms with Crippen molar-refractivity contribution in [3.05, 3.63) is 23.9 Å². The largest absolute Gasteiger partial charge is 0.480 e. The van der Waals surface area contributed by atoms with E-state index in [2.05, 4.69) is 10.3 Å². The number of hydrogen-bond acceptors (Lipinski definition) is 4. The Balaban J connectivity index is 2.83. The van der Waals surface area contributed by atoms with Crippen LogP contribution in [-0.2, 0) is 4.79 Å². The molecule has 2 N–H and O–H groups in total. The molecular weight excluding hydrogens is 258 g/mol. The Kier molecular flexibility index (Phi) is 5.49. The summed E-state index contributed by atoms with van der Waals surface area (Å²) in [7, 11) is 3.33. The second-order valence-electron chi connectivity index (χ2n) is 4.98. The first-order valence-electron chi connectivity index (χ1n) is 6.53. The van der Waals surface area contributed by atoms with Gasteiger partial charge in [-0.25, -0.2) is 9.78 Å². The number of pyridine rings is 1. The number of carbonyl (C=O) groups is 2. The molecule has 2 atom stereocenters. The molecule has 0 aliphatic carbocycles. The van der Waals surface area contributed by atoms with Crippen molar-refractivity contribution in [3.63, 3.8) is 0 Å². The molecule has 0 spiro atoms. The number of nitrogens with zero attached hydrogens (tertiary/aromatic N) is 2. The van der Waals surface area contributed by atoms with Gasteiger partial charge in [0.2, 0.25) is 0 Å². The fourth-order valence-electron chi connectivity index (χ4n) is 1.71. The number of hydrogen-bond donors (Lipinski definition) is 2. The number of carboxylic acid groups (broad SMARTS) is 1. The Morgan fingerprint density at radius 1 is 1.40 bits per heavy atom. The van der Waals surface area contributed by atoms with Crippen LogP contribution in [0.4, 0.5) is 5.82 Å². The minimum absolute atomic E-state index is 0.0163. The van der Waals surface area contributed by atoms with Crippen LogP contribution in [0, 0.1) is 5.92 Å². The lowest BCUT2D eigenvalue weighted by Crippen LogP contribution is -2.35. The van der Waals surface area contributed by atoms with Gasteiger partial charge in [0.25, 0.3) is 5.91 Å². The van der Waals surface area contributed by atoms with Gasteiger partial charge in [-0.3, -0.25) is 4.79 Å². The van der Waals surface area contributed by atoms with Crippen molar-refractivity contribution < 1.29 is 14.7 Å². The van der Waals surface area contributed by atoms with Gasteiger partial charge in [-0.15, -0.1) is 0 Å². The summed E-state index contributed by atoms with van der Waals surface area (Å²) >= 11 is 0. The lowest BCUT2D eigenvalue weighted by molar-refractivity contribution is -0.139. The van der Waals surface area contributed by atoms with E-state index in [-0.39, 0.29) is 11.8 Å². The molecule has 1 aromatic rings. The predicted molar refractivity (Wildman–Crippen MR) is 76.8 cm³/mol. The van der Waals surface area contributed by atoms with Crippen molar-refractivity contribution in [2.75, 3.05) is 19.4 Å². The highest BCUT2D eigenvalue weighted by Crippen LogP contribution is 2.14. The molecule has 0 aliphatic rings. The number of nitrogens with one attached hydrogen (secondary N) is 1. The van der Waals surface area contributed by atoms with E-state index in [9.17, 15) is 14.7 Å². The molecule has 6 nitrogen and oxygen atoms in total. The molecule has 0 saturated carbocycles. The Morgan fingerprint density at radius 3 is 2.45 bits per heavy atom. The van der Waals surface area contributed by atoms with Crippen LogP contribution in [-0.4, -0.2) is 47.0 Å². The van der Waals surface area contributed by atoms with E-state index in [4.69, 9.17) is 0 Å². The van der Waals surface area contributed by atoms with Crippen LogP contribution in [0.5, 0.6) is 0 Å². The molecule has 20 heavy (non-hydrogen) atoms. The second kappa shape index (κ2) is 6.88. The first kappa shape index (κ1) is 15.9. The van der Waals surface area contributed by atoms with Gasteiger partial charge < -0.3 is 15.3 Å². The van der Waals surface area contributed by atoms with Crippen molar-refractivity contribution in [1.82, 2.24) is 9.88 Å². The number of aliphatic carboxylic acids is 1. The summed E-state index contributed by atoms with van der Waals surface area (Å²) in [6.07, 6.45) is 2.20. The van der Waals surface area contributed by atoms with E-state index < -0.39 is 12.0 Å². The Bertz CT molecular complexity index is 471. The number of aromatic nitrogens is 1. The molecule has 1 rings (SSSR count). The summed E-state index contributed by atoms with van der Waals surface area (Å²) in [6, 6.07) is 2.56. The van der Waals surface area contributed by atoms with Crippen molar-refractivity contribution in [3.8, 4) is 0 Å². The molecule has 1 heterocycles. The summed E-state index contributed by atoms with van der Waals surface area (Å²) in [5.41, 5.74) is 0.468. The van der Waals surface area contributed by atoms with Gasteiger partial charge in [0.05, 0.1) is 5.56 Å². The van der Waals surface area contributed by atoms with Crippen molar-refractivity contribution in [2.24, 2.45) is 5.92 Å². The highest BCUT2D eigenvalue weighted by atomic mass is 16.4. The molecule has 0 saturated heterocycles. The summed E-state index contributed by atoms with van der Waals surface area (Å²) in [6.45, 7) is 3.81. The maximum atomic E-state index is 11.7. The lowest BCUT2D eigenvalue weighted by atomic mass is 9.99. The average Bonchev–Trinajstić information content (AvgIpc) is 2.43. The average molecular weight is 279 g/mol. The van der Waals surface area contributed by atoms with E-state index in [1.165, 1.54) is 11.1 Å². The van der Waals surface area contributed by atoms with Crippen LogP contribution >= 0.6 is 0 Å². The van der Waals surface area contributed by atoms with Gasteiger partial charge in [-0.2, -0.15) is 0 Å². The zero-order valence-electron chi connectivity index (χ0n) is 12.3. The molecule has 0 bridgehead atoms. The van der Waals surface area contributed by atoms with Crippen molar-refractivity contribution in [2.45, 2.75) is 26.3 Å². The van der Waals surface area contributed by atoms with E-state index in [1.54, 1.807) is 26.2 Å². The minimum atomic E-state index is -0.908. The minimum Gasteiger partial charge on any atom is -0.480 e. The van der Waals surface area contributed by atoms with E-state index in [0.29, 0.717) is 11.4 Å². The van der Waals surface area contributed by atoms with Crippen LogP contribution in [0.15, 0.2) is 18.3 Å². The van der Waals surface area contributed by atoms with Gasteiger partial charge in [0.1, 0.15) is 11.9 Å². The van der Waals surface area contributed by atoms with Crippen LogP contribution < -0.4 is 5.32 Å². The molecular formula is C14H21N3O3. The van der Waals surface area contributed by atoms with E-state index in [0.717, 1.165) is 6.42 Å². The fraction of sp³-hybridized carbons (Fsp3) is 0.500. The fourth-order valence-corrected chi connectivity index (χ4v) is 1.71. The highest BCUT2D eigenvalue weighted by molar-refractivity contribution is 5.93.